The van der Waals surface area contributed by atoms with E-state index < -0.39 is 6.29 Å². The van der Waals surface area contributed by atoms with Gasteiger partial charge < -0.3 is 14.0 Å². The van der Waals surface area contributed by atoms with Crippen LogP contribution >= 0.6 is 0 Å². The van der Waals surface area contributed by atoms with Crippen molar-refractivity contribution in [2.75, 3.05) is 14.2 Å². The molecular weight excluding hydrogens is 528 g/mol. The Morgan fingerprint density at radius 1 is 0.881 bits per heavy atom. The van der Waals surface area contributed by atoms with Gasteiger partial charge >= 0.3 is 0 Å². The molecule has 0 radical (unpaired) electrons. The summed E-state index contributed by atoms with van der Waals surface area (Å²) in [5.41, 5.74) is 8.33. The Labute approximate surface area is 243 Å². The third-order valence-corrected chi connectivity index (χ3v) is 7.33. The first-order chi connectivity index (χ1) is 20.7. The van der Waals surface area contributed by atoms with Crippen LogP contribution in [0.2, 0.25) is 0 Å². The molecule has 4 aromatic heterocycles. The van der Waals surface area contributed by atoms with Crippen molar-refractivity contribution < 1.29 is 9.47 Å². The van der Waals surface area contributed by atoms with E-state index in [0.29, 0.717) is 18.1 Å². The molecular formula is C32H32N8O2. The number of unbranched alkanes of at least 4 members (excludes halogenated alkanes) is 1. The molecule has 0 aliphatic rings. The number of benzene rings is 2. The molecule has 0 spiro atoms. The fraction of sp³-hybridized carbons (Fsp3) is 0.250. The summed E-state index contributed by atoms with van der Waals surface area (Å²) in [6, 6.07) is 22.6. The van der Waals surface area contributed by atoms with E-state index in [1.165, 1.54) is 0 Å². The second kappa shape index (κ2) is 12.4. The number of H-pyrrole nitrogens is 1. The highest BCUT2D eigenvalue weighted by atomic mass is 16.7. The number of rotatable bonds is 11. The number of ether oxygens (including phenoxy) is 2. The van der Waals surface area contributed by atoms with Crippen molar-refractivity contribution in [1.82, 2.24) is 40.1 Å². The van der Waals surface area contributed by atoms with Crippen molar-refractivity contribution >= 4 is 11.2 Å². The summed E-state index contributed by atoms with van der Waals surface area (Å²) in [5, 5.41) is 14.6. The highest BCUT2D eigenvalue weighted by molar-refractivity contribution is 5.82. The Hall–Kier alpha value is -4.80. The minimum atomic E-state index is -0.634. The topological polar surface area (TPSA) is 117 Å². The lowest BCUT2D eigenvalue weighted by Crippen LogP contribution is -2.11. The molecule has 0 unspecified atom stereocenters. The highest BCUT2D eigenvalue weighted by Gasteiger charge is 2.22. The van der Waals surface area contributed by atoms with Crippen LogP contribution in [0, 0.1) is 0 Å². The van der Waals surface area contributed by atoms with Crippen LogP contribution in [0.15, 0.2) is 79.1 Å². The van der Waals surface area contributed by atoms with E-state index in [-0.39, 0.29) is 0 Å². The minimum absolute atomic E-state index is 0.568. The lowest BCUT2D eigenvalue weighted by atomic mass is 9.98. The molecule has 10 nitrogen and oxygen atoms in total. The summed E-state index contributed by atoms with van der Waals surface area (Å²) >= 11 is 0. The van der Waals surface area contributed by atoms with Crippen LogP contribution in [0.25, 0.3) is 44.8 Å². The molecule has 0 amide bonds. The number of aryl methyl sites for hydroxylation is 1. The highest BCUT2D eigenvalue weighted by Crippen LogP contribution is 2.33. The number of aromatic amines is 1. The predicted molar refractivity (Wildman–Crippen MR) is 160 cm³/mol. The van der Waals surface area contributed by atoms with E-state index in [1.807, 2.05) is 36.5 Å². The van der Waals surface area contributed by atoms with Gasteiger partial charge in [0.05, 0.1) is 6.54 Å². The molecule has 0 aliphatic carbocycles. The zero-order chi connectivity index (χ0) is 28.9. The average molecular weight is 561 g/mol. The Kier molecular flexibility index (Phi) is 8.07. The van der Waals surface area contributed by atoms with Crippen LogP contribution in [0.3, 0.4) is 0 Å². The average Bonchev–Trinajstić information content (AvgIpc) is 3.70. The Morgan fingerprint density at radius 3 is 2.38 bits per heavy atom. The Bertz CT molecular complexity index is 1760. The molecule has 1 N–H and O–H groups in total. The number of tetrazole rings is 1. The van der Waals surface area contributed by atoms with Crippen LogP contribution in [-0.4, -0.2) is 54.4 Å². The van der Waals surface area contributed by atoms with Gasteiger partial charge in [0.25, 0.3) is 0 Å². The normalized spacial score (nSPS) is 11.5. The summed E-state index contributed by atoms with van der Waals surface area (Å²) in [6.07, 6.45) is 5.92. The molecule has 0 saturated carbocycles. The third-order valence-electron chi connectivity index (χ3n) is 7.33. The molecule has 0 atom stereocenters. The van der Waals surface area contributed by atoms with E-state index >= 15 is 0 Å². The summed E-state index contributed by atoms with van der Waals surface area (Å²) in [5.74, 6) is 1.57. The lowest BCUT2D eigenvalue weighted by Gasteiger charge is -2.17. The van der Waals surface area contributed by atoms with Gasteiger partial charge in [0.15, 0.2) is 5.65 Å². The quantitative estimate of drug-likeness (QED) is 0.191. The first-order valence-corrected chi connectivity index (χ1v) is 14.0. The van der Waals surface area contributed by atoms with E-state index in [1.54, 1.807) is 20.4 Å². The molecule has 42 heavy (non-hydrogen) atoms. The van der Waals surface area contributed by atoms with E-state index in [9.17, 15) is 0 Å². The van der Waals surface area contributed by atoms with Gasteiger partial charge in [-0.25, -0.2) is 9.97 Å². The molecule has 4 heterocycles. The smallest absolute Gasteiger partial charge is 0.205 e. The first-order valence-electron chi connectivity index (χ1n) is 14.0. The van der Waals surface area contributed by atoms with Crippen LogP contribution in [0.5, 0.6) is 0 Å². The van der Waals surface area contributed by atoms with Crippen molar-refractivity contribution in [1.29, 1.82) is 0 Å². The largest absolute Gasteiger partial charge is 0.350 e. The maximum atomic E-state index is 5.67. The molecule has 0 bridgehead atoms. The minimum Gasteiger partial charge on any atom is -0.350 e. The van der Waals surface area contributed by atoms with E-state index in [0.717, 1.165) is 69.6 Å². The predicted octanol–water partition coefficient (Wildman–Crippen LogP) is 6.02. The number of fused-ring (bicyclic) bond motifs is 1. The van der Waals surface area contributed by atoms with Gasteiger partial charge in [0, 0.05) is 49.7 Å². The maximum absolute atomic E-state index is 5.67. The van der Waals surface area contributed by atoms with Crippen LogP contribution < -0.4 is 0 Å². The molecule has 212 valence electrons. The van der Waals surface area contributed by atoms with Gasteiger partial charge in [-0.2, -0.15) is 5.21 Å². The van der Waals surface area contributed by atoms with Crippen molar-refractivity contribution in [3.8, 4) is 33.6 Å². The second-order valence-corrected chi connectivity index (χ2v) is 10.0. The van der Waals surface area contributed by atoms with E-state index in [2.05, 4.69) is 73.5 Å². The number of imidazole rings is 1. The van der Waals surface area contributed by atoms with Crippen molar-refractivity contribution in [2.45, 2.75) is 39.0 Å². The number of hydrogen-bond donors (Lipinski definition) is 1. The van der Waals surface area contributed by atoms with Gasteiger partial charge in [-0.05, 0) is 40.5 Å². The third kappa shape index (κ3) is 5.41. The van der Waals surface area contributed by atoms with Crippen molar-refractivity contribution in [3.63, 3.8) is 0 Å². The van der Waals surface area contributed by atoms with Crippen LogP contribution in [0.1, 0.15) is 43.1 Å². The summed E-state index contributed by atoms with van der Waals surface area (Å²) in [4.78, 5) is 14.5. The number of pyridine rings is 2. The van der Waals surface area contributed by atoms with Crippen molar-refractivity contribution in [3.05, 3.63) is 96.2 Å². The van der Waals surface area contributed by atoms with Gasteiger partial charge in [0.1, 0.15) is 17.0 Å². The first kappa shape index (κ1) is 27.4. The number of nitrogens with zero attached hydrogens (tertiary/aromatic N) is 7. The maximum Gasteiger partial charge on any atom is 0.205 e. The van der Waals surface area contributed by atoms with Crippen molar-refractivity contribution in [2.24, 2.45) is 0 Å². The Morgan fingerprint density at radius 2 is 1.69 bits per heavy atom. The second-order valence-electron chi connectivity index (χ2n) is 10.0. The van der Waals surface area contributed by atoms with Crippen LogP contribution in [-0.2, 0) is 22.4 Å². The Balaban J connectivity index is 1.41. The summed E-state index contributed by atoms with van der Waals surface area (Å²) in [6.45, 7) is 2.82. The van der Waals surface area contributed by atoms with Gasteiger partial charge in [-0.1, -0.05) is 67.9 Å². The molecule has 0 saturated heterocycles. The van der Waals surface area contributed by atoms with Gasteiger partial charge in [-0.3, -0.25) is 4.98 Å². The zero-order valence-electron chi connectivity index (χ0n) is 23.9. The fourth-order valence-electron chi connectivity index (χ4n) is 5.23. The summed E-state index contributed by atoms with van der Waals surface area (Å²) < 4.78 is 13.6. The number of hydrogen-bond acceptors (Lipinski definition) is 8. The molecule has 0 fully saturated rings. The monoisotopic (exact) mass is 560 g/mol. The number of aromatic nitrogens is 8. The SMILES string of the molecule is CCCCc1nc2cc(-c3cccnc3)c(C(OC)OC)nc2n1Cc1ccc(-c2ccccc2-c2nn[nH]n2)cc1. The standard InChI is InChI=1S/C32H32N8O2/c1-4-5-12-28-34-27-18-26(23-9-8-17-33-19-23)29(32(41-2)42-3)35-31(27)40(28)20-21-13-15-22(16-14-21)24-10-6-7-11-25(24)30-36-38-39-37-30/h6-11,13-19,32H,4-5,12,20H2,1-3H3,(H,36,37,38,39). The summed E-state index contributed by atoms with van der Waals surface area (Å²) in [7, 11) is 3.24. The fourth-order valence-corrected chi connectivity index (χ4v) is 5.23. The number of nitrogens with one attached hydrogen (secondary N) is 1. The van der Waals surface area contributed by atoms with E-state index in [4.69, 9.17) is 19.4 Å². The zero-order valence-corrected chi connectivity index (χ0v) is 23.9. The number of methoxy groups -OCH3 is 2. The lowest BCUT2D eigenvalue weighted by molar-refractivity contribution is -0.108. The molecule has 10 heteroatoms. The molecule has 0 aliphatic heterocycles. The van der Waals surface area contributed by atoms with Gasteiger partial charge in [-0.15, -0.1) is 10.2 Å². The molecule has 6 aromatic rings. The molecule has 2 aromatic carbocycles. The van der Waals surface area contributed by atoms with Gasteiger partial charge in [0.2, 0.25) is 12.1 Å². The van der Waals surface area contributed by atoms with Crippen LogP contribution in [0.4, 0.5) is 0 Å². The molecule has 6 rings (SSSR count).